The molecule has 2 aliphatic rings. The smallest absolute Gasteiger partial charge is 0.0486 e. The zero-order valence-corrected chi connectivity index (χ0v) is 11.3. The lowest BCUT2D eigenvalue weighted by Crippen LogP contribution is -2.33. The van der Waals surface area contributed by atoms with E-state index in [9.17, 15) is 0 Å². The van der Waals surface area contributed by atoms with Crippen molar-refractivity contribution < 1.29 is 0 Å². The van der Waals surface area contributed by atoms with Crippen LogP contribution in [0.25, 0.3) is 10.9 Å². The van der Waals surface area contributed by atoms with Gasteiger partial charge in [0.1, 0.15) is 0 Å². The van der Waals surface area contributed by atoms with Crippen LogP contribution in [-0.2, 0) is 13.0 Å². The van der Waals surface area contributed by atoms with Gasteiger partial charge in [-0.05, 0) is 30.9 Å². The van der Waals surface area contributed by atoms with Crippen LogP contribution in [0, 0.1) is 0 Å². The number of nitrogens with one attached hydrogen (secondary N) is 1. The third kappa shape index (κ3) is 1.59. The average Bonchev–Trinajstić information content (AvgIpc) is 2.56. The molecule has 0 fully saturated rings. The summed E-state index contributed by atoms with van der Waals surface area (Å²) in [5, 5.41) is 5.20. The molecule has 2 aromatic rings. The summed E-state index contributed by atoms with van der Waals surface area (Å²) in [4.78, 5) is 0. The van der Waals surface area contributed by atoms with Crippen molar-refractivity contribution in [3.05, 3.63) is 35.5 Å². The maximum Gasteiger partial charge on any atom is 0.0486 e. The lowest BCUT2D eigenvalue weighted by atomic mass is 10.0. The minimum Gasteiger partial charge on any atom is -0.342 e. The number of fused-ring (bicyclic) bond motifs is 3. The van der Waals surface area contributed by atoms with Crippen LogP contribution in [0.5, 0.6) is 0 Å². The number of nitrogens with zero attached hydrogens (tertiary/aromatic N) is 1. The van der Waals surface area contributed by atoms with Gasteiger partial charge in [-0.3, -0.25) is 0 Å². The Morgan fingerprint density at radius 1 is 1.17 bits per heavy atom. The van der Waals surface area contributed by atoms with Gasteiger partial charge in [0.05, 0.1) is 0 Å². The second-order valence-electron chi connectivity index (χ2n) is 5.29. The molecule has 0 amide bonds. The van der Waals surface area contributed by atoms with Crippen LogP contribution in [0.1, 0.15) is 36.6 Å². The standard InChI is InChI=1S/C15H18N2.ClH/c1-3-7-13-15-12(6-1)11-5-2-4-8-14(11)17(15)10-9-16-13;/h2,4-5,8,13,16H,1,3,6-7,9-10H2;1H. The molecule has 18 heavy (non-hydrogen) atoms. The minimum absolute atomic E-state index is 0. The lowest BCUT2D eigenvalue weighted by Gasteiger charge is -2.26. The van der Waals surface area contributed by atoms with Crippen LogP contribution < -0.4 is 5.32 Å². The summed E-state index contributed by atoms with van der Waals surface area (Å²) in [5.74, 6) is 0. The summed E-state index contributed by atoms with van der Waals surface area (Å²) in [6.45, 7) is 2.25. The van der Waals surface area contributed by atoms with Crippen molar-refractivity contribution in [2.45, 2.75) is 38.3 Å². The highest BCUT2D eigenvalue weighted by atomic mass is 35.5. The van der Waals surface area contributed by atoms with E-state index in [0.29, 0.717) is 6.04 Å². The first-order chi connectivity index (χ1) is 8.45. The maximum absolute atomic E-state index is 3.70. The highest BCUT2D eigenvalue weighted by molar-refractivity contribution is 5.86. The van der Waals surface area contributed by atoms with E-state index in [2.05, 4.69) is 34.1 Å². The number of benzene rings is 1. The van der Waals surface area contributed by atoms with E-state index in [4.69, 9.17) is 0 Å². The zero-order valence-electron chi connectivity index (χ0n) is 10.5. The van der Waals surface area contributed by atoms with E-state index in [1.165, 1.54) is 36.6 Å². The van der Waals surface area contributed by atoms with Crippen LogP contribution in [-0.4, -0.2) is 11.1 Å². The summed E-state index contributed by atoms with van der Waals surface area (Å²) in [6, 6.07) is 9.54. The molecular formula is C15H19ClN2. The largest absolute Gasteiger partial charge is 0.342 e. The van der Waals surface area contributed by atoms with Crippen molar-refractivity contribution in [3.8, 4) is 0 Å². The molecule has 0 spiro atoms. The van der Waals surface area contributed by atoms with Gasteiger partial charge in [-0.25, -0.2) is 0 Å². The molecule has 0 bridgehead atoms. The second kappa shape index (κ2) is 4.60. The molecule has 1 N–H and O–H groups in total. The Bertz CT molecular complexity index is 573. The lowest BCUT2D eigenvalue weighted by molar-refractivity contribution is 0.409. The summed E-state index contributed by atoms with van der Waals surface area (Å²) in [6.07, 6.45) is 5.28. The summed E-state index contributed by atoms with van der Waals surface area (Å²) < 4.78 is 2.57. The van der Waals surface area contributed by atoms with Crippen molar-refractivity contribution >= 4 is 23.3 Å². The summed E-state index contributed by atoms with van der Waals surface area (Å²) in [7, 11) is 0. The van der Waals surface area contributed by atoms with Crippen LogP contribution in [0.3, 0.4) is 0 Å². The van der Waals surface area contributed by atoms with Crippen LogP contribution >= 0.6 is 12.4 Å². The number of aryl methyl sites for hydroxylation is 1. The number of hydrogen-bond acceptors (Lipinski definition) is 1. The van der Waals surface area contributed by atoms with Gasteiger partial charge in [0.15, 0.2) is 0 Å². The van der Waals surface area contributed by atoms with Gasteiger partial charge >= 0.3 is 0 Å². The van der Waals surface area contributed by atoms with Crippen LogP contribution in [0.2, 0.25) is 0 Å². The molecule has 1 aliphatic carbocycles. The Morgan fingerprint density at radius 3 is 3.00 bits per heavy atom. The molecule has 0 saturated carbocycles. The summed E-state index contributed by atoms with van der Waals surface area (Å²) >= 11 is 0. The van der Waals surface area contributed by atoms with Gasteiger partial charge in [-0.15, -0.1) is 12.4 Å². The minimum atomic E-state index is 0. The second-order valence-corrected chi connectivity index (χ2v) is 5.29. The monoisotopic (exact) mass is 262 g/mol. The number of halogens is 1. The van der Waals surface area contributed by atoms with E-state index in [1.807, 2.05) is 0 Å². The Kier molecular flexibility index (Phi) is 3.08. The number of aromatic nitrogens is 1. The van der Waals surface area contributed by atoms with Crippen molar-refractivity contribution in [1.29, 1.82) is 0 Å². The Balaban J connectivity index is 0.000001000. The van der Waals surface area contributed by atoms with Gasteiger partial charge in [0.2, 0.25) is 0 Å². The molecule has 2 nitrogen and oxygen atoms in total. The van der Waals surface area contributed by atoms with E-state index >= 15 is 0 Å². The predicted molar refractivity (Wildman–Crippen MR) is 77.5 cm³/mol. The van der Waals surface area contributed by atoms with Crippen molar-refractivity contribution in [2.24, 2.45) is 0 Å². The third-order valence-electron chi connectivity index (χ3n) is 4.35. The average molecular weight is 263 g/mol. The molecule has 3 heteroatoms. The zero-order chi connectivity index (χ0) is 11.2. The first-order valence-electron chi connectivity index (χ1n) is 6.78. The van der Waals surface area contributed by atoms with Gasteiger partial charge in [-0.1, -0.05) is 24.6 Å². The number of hydrogen-bond donors (Lipinski definition) is 1. The Labute approximate surface area is 114 Å². The maximum atomic E-state index is 3.70. The van der Waals surface area contributed by atoms with Crippen LogP contribution in [0.4, 0.5) is 0 Å². The summed E-state index contributed by atoms with van der Waals surface area (Å²) in [5.41, 5.74) is 4.66. The molecular weight excluding hydrogens is 244 g/mol. The van der Waals surface area contributed by atoms with E-state index in [0.717, 1.165) is 13.1 Å². The van der Waals surface area contributed by atoms with E-state index < -0.39 is 0 Å². The SMILES string of the molecule is Cl.c1ccc2c(c1)c1c3n2CCNC3CCCC1. The van der Waals surface area contributed by atoms with Crippen molar-refractivity contribution in [1.82, 2.24) is 9.88 Å². The highest BCUT2D eigenvalue weighted by Gasteiger charge is 2.27. The van der Waals surface area contributed by atoms with Gasteiger partial charge in [0, 0.05) is 35.7 Å². The number of para-hydroxylation sites is 1. The topological polar surface area (TPSA) is 17.0 Å². The molecule has 4 rings (SSSR count). The first-order valence-corrected chi connectivity index (χ1v) is 6.78. The molecule has 96 valence electrons. The fourth-order valence-corrected chi connectivity index (χ4v) is 3.63. The van der Waals surface area contributed by atoms with E-state index in [1.54, 1.807) is 11.3 Å². The Hall–Kier alpha value is -0.990. The predicted octanol–water partition coefficient (Wildman–Crippen LogP) is 3.43. The molecule has 1 aromatic heterocycles. The Morgan fingerprint density at radius 2 is 2.06 bits per heavy atom. The fourth-order valence-electron chi connectivity index (χ4n) is 3.63. The van der Waals surface area contributed by atoms with Crippen molar-refractivity contribution in [3.63, 3.8) is 0 Å². The molecule has 1 unspecified atom stereocenters. The molecule has 2 heterocycles. The van der Waals surface area contributed by atoms with Gasteiger partial charge in [-0.2, -0.15) is 0 Å². The molecule has 1 aliphatic heterocycles. The van der Waals surface area contributed by atoms with E-state index in [-0.39, 0.29) is 12.4 Å². The highest BCUT2D eigenvalue weighted by Crippen LogP contribution is 2.37. The molecule has 0 radical (unpaired) electrons. The fraction of sp³-hybridized carbons (Fsp3) is 0.467. The third-order valence-corrected chi connectivity index (χ3v) is 4.35. The normalized spacial score (nSPS) is 22.1. The molecule has 1 aromatic carbocycles. The van der Waals surface area contributed by atoms with Gasteiger partial charge < -0.3 is 9.88 Å². The first kappa shape index (κ1) is 12.1. The van der Waals surface area contributed by atoms with Crippen LogP contribution in [0.15, 0.2) is 24.3 Å². The molecule has 1 atom stereocenters. The van der Waals surface area contributed by atoms with Crippen molar-refractivity contribution in [2.75, 3.05) is 6.54 Å². The molecule has 0 saturated heterocycles. The number of rotatable bonds is 0. The quantitative estimate of drug-likeness (QED) is 0.770. The van der Waals surface area contributed by atoms with Gasteiger partial charge in [0.25, 0.3) is 0 Å².